The Kier molecular flexibility index (Phi) is 3.97. The van der Waals surface area contributed by atoms with Crippen LogP contribution in [0.15, 0.2) is 18.3 Å². The molecule has 1 aromatic rings. The predicted octanol–water partition coefficient (Wildman–Crippen LogP) is 1.10. The van der Waals surface area contributed by atoms with E-state index in [-0.39, 0.29) is 6.61 Å². The number of hydrogen-bond donors (Lipinski definition) is 1. The molecule has 1 saturated heterocycles. The molecule has 17 heavy (non-hydrogen) atoms. The van der Waals surface area contributed by atoms with Crippen molar-refractivity contribution < 1.29 is 5.11 Å². The molecule has 94 valence electrons. The van der Waals surface area contributed by atoms with Crippen LogP contribution in [0.25, 0.3) is 0 Å². The Morgan fingerprint density at radius 1 is 1.41 bits per heavy atom. The number of rotatable bonds is 3. The maximum absolute atomic E-state index is 8.99. The second-order valence-corrected chi connectivity index (χ2v) is 4.67. The number of aliphatic hydroxyl groups is 1. The summed E-state index contributed by atoms with van der Waals surface area (Å²) in [5, 5.41) is 8.99. The number of aromatic nitrogens is 1. The molecule has 0 amide bonds. The first kappa shape index (κ1) is 12.3. The van der Waals surface area contributed by atoms with Crippen LogP contribution >= 0.6 is 0 Å². The molecule has 0 bridgehead atoms. The minimum absolute atomic E-state index is 0.0631. The Balaban J connectivity index is 2.06. The highest BCUT2D eigenvalue weighted by atomic mass is 16.3. The molecule has 4 heteroatoms. The van der Waals surface area contributed by atoms with Crippen molar-refractivity contribution in [1.29, 1.82) is 0 Å². The summed E-state index contributed by atoms with van der Waals surface area (Å²) in [6, 6.07) is 4.56. The van der Waals surface area contributed by atoms with Gasteiger partial charge in [0, 0.05) is 31.9 Å². The molecule has 0 saturated carbocycles. The summed E-state index contributed by atoms with van der Waals surface area (Å²) < 4.78 is 0. The van der Waals surface area contributed by atoms with Gasteiger partial charge < -0.3 is 10.0 Å². The van der Waals surface area contributed by atoms with Crippen LogP contribution in [-0.2, 0) is 6.61 Å². The van der Waals surface area contributed by atoms with Crippen LogP contribution in [0.3, 0.4) is 0 Å². The number of nitrogens with zero attached hydrogens (tertiary/aromatic N) is 3. The van der Waals surface area contributed by atoms with Crippen molar-refractivity contribution in [1.82, 2.24) is 9.88 Å². The molecule has 2 heterocycles. The first-order valence-corrected chi connectivity index (χ1v) is 6.25. The first-order valence-electron chi connectivity index (χ1n) is 6.25. The molecule has 0 radical (unpaired) electrons. The van der Waals surface area contributed by atoms with Crippen LogP contribution in [0, 0.1) is 0 Å². The molecule has 0 aliphatic carbocycles. The predicted molar refractivity (Wildman–Crippen MR) is 69.1 cm³/mol. The lowest BCUT2D eigenvalue weighted by molar-refractivity contribution is 0.213. The van der Waals surface area contributed by atoms with Gasteiger partial charge in [-0.1, -0.05) is 13.0 Å². The average Bonchev–Trinajstić information content (AvgIpc) is 2.39. The standard InChI is InChI=1S/C13H21N3O/c1-3-12-9-16(7-6-15(12)2)13-5-4-11(10-17)8-14-13/h4-5,8,12,17H,3,6-7,9-10H2,1-2H3. The van der Waals surface area contributed by atoms with Crippen molar-refractivity contribution in [3.05, 3.63) is 23.9 Å². The van der Waals surface area contributed by atoms with Gasteiger partial charge in [0.05, 0.1) is 6.61 Å². The molecular formula is C13H21N3O. The number of hydrogen-bond acceptors (Lipinski definition) is 4. The van der Waals surface area contributed by atoms with Gasteiger partial charge >= 0.3 is 0 Å². The fourth-order valence-electron chi connectivity index (χ4n) is 2.29. The van der Waals surface area contributed by atoms with Crippen LogP contribution in [0.5, 0.6) is 0 Å². The largest absolute Gasteiger partial charge is 0.392 e. The van der Waals surface area contributed by atoms with Gasteiger partial charge in [-0.25, -0.2) is 4.98 Å². The molecule has 1 aromatic heterocycles. The Morgan fingerprint density at radius 2 is 2.24 bits per heavy atom. The molecule has 1 N–H and O–H groups in total. The zero-order chi connectivity index (χ0) is 12.3. The quantitative estimate of drug-likeness (QED) is 0.852. The fraction of sp³-hybridized carbons (Fsp3) is 0.615. The van der Waals surface area contributed by atoms with Gasteiger partial charge in [-0.3, -0.25) is 4.90 Å². The summed E-state index contributed by atoms with van der Waals surface area (Å²) >= 11 is 0. The van der Waals surface area contributed by atoms with E-state index in [0.29, 0.717) is 6.04 Å². The minimum Gasteiger partial charge on any atom is -0.392 e. The SMILES string of the molecule is CCC1CN(c2ccc(CO)cn2)CCN1C. The smallest absolute Gasteiger partial charge is 0.128 e. The summed E-state index contributed by atoms with van der Waals surface area (Å²) in [4.78, 5) is 9.16. The van der Waals surface area contributed by atoms with Crippen molar-refractivity contribution in [2.75, 3.05) is 31.6 Å². The van der Waals surface area contributed by atoms with Crippen LogP contribution in [0.4, 0.5) is 5.82 Å². The van der Waals surface area contributed by atoms with E-state index in [1.807, 2.05) is 12.1 Å². The summed E-state index contributed by atoms with van der Waals surface area (Å²) in [5.74, 6) is 1.02. The van der Waals surface area contributed by atoms with E-state index in [1.165, 1.54) is 6.42 Å². The molecule has 0 aromatic carbocycles. The number of piperazine rings is 1. The molecule has 2 rings (SSSR count). The number of aliphatic hydroxyl groups excluding tert-OH is 1. The fourth-order valence-corrected chi connectivity index (χ4v) is 2.29. The molecular weight excluding hydrogens is 214 g/mol. The Bertz CT molecular complexity index is 352. The van der Waals surface area contributed by atoms with E-state index in [4.69, 9.17) is 5.11 Å². The minimum atomic E-state index is 0.0631. The van der Waals surface area contributed by atoms with Crippen LogP contribution in [0.1, 0.15) is 18.9 Å². The van der Waals surface area contributed by atoms with Gasteiger partial charge in [0.25, 0.3) is 0 Å². The van der Waals surface area contributed by atoms with Gasteiger partial charge in [-0.2, -0.15) is 0 Å². The van der Waals surface area contributed by atoms with Crippen molar-refractivity contribution in [2.45, 2.75) is 26.0 Å². The van der Waals surface area contributed by atoms with Crippen molar-refractivity contribution in [3.8, 4) is 0 Å². The summed E-state index contributed by atoms with van der Waals surface area (Å²) in [6.45, 7) is 5.44. The second kappa shape index (κ2) is 5.47. The zero-order valence-corrected chi connectivity index (χ0v) is 10.6. The molecule has 0 spiro atoms. The third-order valence-electron chi connectivity index (χ3n) is 3.56. The molecule has 1 fully saturated rings. The van der Waals surface area contributed by atoms with Crippen LogP contribution < -0.4 is 4.90 Å². The lowest BCUT2D eigenvalue weighted by Crippen LogP contribution is -2.51. The molecule has 1 atom stereocenters. The second-order valence-electron chi connectivity index (χ2n) is 4.67. The number of pyridine rings is 1. The monoisotopic (exact) mass is 235 g/mol. The van der Waals surface area contributed by atoms with E-state index in [2.05, 4.69) is 28.8 Å². The summed E-state index contributed by atoms with van der Waals surface area (Å²) in [6.07, 6.45) is 2.93. The number of anilines is 1. The maximum Gasteiger partial charge on any atom is 0.128 e. The van der Waals surface area contributed by atoms with Gasteiger partial charge in [0.15, 0.2) is 0 Å². The third kappa shape index (κ3) is 2.76. The van der Waals surface area contributed by atoms with Gasteiger partial charge in [0.1, 0.15) is 5.82 Å². The topological polar surface area (TPSA) is 39.6 Å². The van der Waals surface area contributed by atoms with E-state index in [0.717, 1.165) is 31.0 Å². The lowest BCUT2D eigenvalue weighted by Gasteiger charge is -2.39. The highest BCUT2D eigenvalue weighted by molar-refractivity contribution is 5.40. The third-order valence-corrected chi connectivity index (χ3v) is 3.56. The zero-order valence-electron chi connectivity index (χ0n) is 10.6. The van der Waals surface area contributed by atoms with Crippen molar-refractivity contribution >= 4 is 5.82 Å². The highest BCUT2D eigenvalue weighted by Gasteiger charge is 2.23. The molecule has 4 nitrogen and oxygen atoms in total. The van der Waals surface area contributed by atoms with Gasteiger partial charge in [-0.05, 0) is 25.1 Å². The van der Waals surface area contributed by atoms with E-state index < -0.39 is 0 Å². The van der Waals surface area contributed by atoms with Gasteiger partial charge in [-0.15, -0.1) is 0 Å². The van der Waals surface area contributed by atoms with Crippen molar-refractivity contribution in [3.63, 3.8) is 0 Å². The van der Waals surface area contributed by atoms with Crippen LogP contribution in [0.2, 0.25) is 0 Å². The summed E-state index contributed by atoms with van der Waals surface area (Å²) in [7, 11) is 2.19. The normalized spacial score (nSPS) is 21.8. The lowest BCUT2D eigenvalue weighted by atomic mass is 10.1. The van der Waals surface area contributed by atoms with Crippen molar-refractivity contribution in [2.24, 2.45) is 0 Å². The molecule has 1 aliphatic heterocycles. The van der Waals surface area contributed by atoms with E-state index in [1.54, 1.807) is 6.20 Å². The van der Waals surface area contributed by atoms with E-state index in [9.17, 15) is 0 Å². The Labute approximate surface area is 103 Å². The first-order chi connectivity index (χ1) is 8.24. The van der Waals surface area contributed by atoms with Crippen LogP contribution in [-0.4, -0.2) is 47.7 Å². The van der Waals surface area contributed by atoms with E-state index >= 15 is 0 Å². The van der Waals surface area contributed by atoms with Gasteiger partial charge in [0.2, 0.25) is 0 Å². The summed E-state index contributed by atoms with van der Waals surface area (Å²) in [5.41, 5.74) is 0.870. The molecule has 1 aliphatic rings. The highest BCUT2D eigenvalue weighted by Crippen LogP contribution is 2.17. The average molecular weight is 235 g/mol. The maximum atomic E-state index is 8.99. The Hall–Kier alpha value is -1.13. The molecule has 1 unspecified atom stereocenters. The Morgan fingerprint density at radius 3 is 2.82 bits per heavy atom. The number of likely N-dealkylation sites (N-methyl/N-ethyl adjacent to an activating group) is 1.